The first kappa shape index (κ1) is 16.0. The summed E-state index contributed by atoms with van der Waals surface area (Å²) in [4.78, 5) is 0.608. The molecule has 9 heteroatoms. The van der Waals surface area contributed by atoms with Crippen LogP contribution in [0.2, 0.25) is 0 Å². The van der Waals surface area contributed by atoms with Gasteiger partial charge in [0.15, 0.2) is 0 Å². The van der Waals surface area contributed by atoms with Crippen molar-refractivity contribution < 1.29 is 54.0 Å². The summed E-state index contributed by atoms with van der Waals surface area (Å²) in [6, 6.07) is 5.59. The molecule has 0 bridgehead atoms. The zero-order valence-corrected chi connectivity index (χ0v) is 13.2. The second kappa shape index (κ2) is 7.34. The third-order valence-corrected chi connectivity index (χ3v) is 4.78. The molecule has 0 spiro atoms. The van der Waals surface area contributed by atoms with E-state index in [9.17, 15) is 3.02 Å². The van der Waals surface area contributed by atoms with E-state index in [1.807, 2.05) is 0 Å². The van der Waals surface area contributed by atoms with Gasteiger partial charge in [-0.15, -0.1) is 0 Å². The van der Waals surface area contributed by atoms with E-state index < -0.39 is 19.6 Å². The molecule has 78 valence electrons. The average Bonchev–Trinajstić information content (AvgIpc) is 2.14. The monoisotopic (exact) mass is 352 g/mol. The molecular weight excluding hydrogens is 345 g/mol. The summed E-state index contributed by atoms with van der Waals surface area (Å²) in [5.74, 6) is 0. The van der Waals surface area contributed by atoms with Crippen molar-refractivity contribution in [1.29, 1.82) is 0 Å². The van der Waals surface area contributed by atoms with Crippen LogP contribution >= 0.6 is 0 Å². The number of hydrogen-bond acceptors (Lipinski definition) is 4. The van der Waals surface area contributed by atoms with Gasteiger partial charge in [-0.1, -0.05) is 0 Å². The van der Waals surface area contributed by atoms with Crippen molar-refractivity contribution in [2.75, 3.05) is 0 Å². The molecule has 0 amide bonds. The van der Waals surface area contributed by atoms with Crippen LogP contribution in [0.3, 0.4) is 0 Å². The van der Waals surface area contributed by atoms with Gasteiger partial charge >= 0.3 is 118 Å². The van der Waals surface area contributed by atoms with Gasteiger partial charge in [0, 0.05) is 0 Å². The summed E-state index contributed by atoms with van der Waals surface area (Å²) >= 11 is -4.82. The van der Waals surface area contributed by atoms with Gasteiger partial charge in [0.25, 0.3) is 0 Å². The number of rotatable bonds is 4. The fourth-order valence-corrected chi connectivity index (χ4v) is 2.69. The van der Waals surface area contributed by atoms with Crippen LogP contribution in [0.25, 0.3) is 0 Å². The van der Waals surface area contributed by atoms with Crippen molar-refractivity contribution in [3.05, 3.63) is 24.3 Å². The Hall–Kier alpha value is 0.988. The van der Waals surface area contributed by atoms with E-state index in [4.69, 9.17) is 12.0 Å². The summed E-state index contributed by atoms with van der Waals surface area (Å²) in [7, 11) is 0. The van der Waals surface area contributed by atoms with Gasteiger partial charge in [0.1, 0.15) is 0 Å². The van der Waals surface area contributed by atoms with Crippen molar-refractivity contribution in [3.8, 4) is 0 Å². The van der Waals surface area contributed by atoms with E-state index >= 15 is 0 Å². The predicted octanol–water partition coefficient (Wildman–Crippen LogP) is -4.24. The Morgan fingerprint density at radius 2 is 1.73 bits per heavy atom. The maximum absolute atomic E-state index is 10.8. The van der Waals surface area contributed by atoms with E-state index in [0.29, 0.717) is 4.90 Å². The summed E-state index contributed by atoms with van der Waals surface area (Å²) < 4.78 is 32.8. The van der Waals surface area contributed by atoms with Crippen LogP contribution in [0.4, 0.5) is 0 Å². The molecule has 0 aromatic heterocycles. The molecule has 0 atom stereocenters. The molecule has 0 heterocycles. The molecule has 0 unspecified atom stereocenters. The molecular formula is C6H8NaO6SSb+2. The summed E-state index contributed by atoms with van der Waals surface area (Å²) in [6.45, 7) is 0. The van der Waals surface area contributed by atoms with Crippen molar-refractivity contribution in [2.45, 2.75) is 4.90 Å². The van der Waals surface area contributed by atoms with Gasteiger partial charge in [-0.2, -0.15) is 0 Å². The minimum absolute atomic E-state index is 0. The number of benzene rings is 1. The molecule has 0 aliphatic heterocycles. The van der Waals surface area contributed by atoms with Crippen LogP contribution in [-0.4, -0.2) is 31.7 Å². The fourth-order valence-electron chi connectivity index (χ4n) is 0.767. The predicted molar refractivity (Wildman–Crippen MR) is 48.8 cm³/mol. The van der Waals surface area contributed by atoms with Crippen LogP contribution < -0.4 is 33.1 Å². The summed E-state index contributed by atoms with van der Waals surface area (Å²) in [5, 5.41) is 11.2. The summed E-state index contributed by atoms with van der Waals surface area (Å²) in [5.41, 5.74) is 0. The van der Waals surface area contributed by atoms with Gasteiger partial charge in [-0.3, -0.25) is 0 Å². The van der Waals surface area contributed by atoms with E-state index in [2.05, 4.69) is 9.37 Å². The first-order chi connectivity index (χ1) is 6.54. The van der Waals surface area contributed by atoms with Gasteiger partial charge in [-0.25, -0.2) is 0 Å². The van der Waals surface area contributed by atoms with E-state index in [0.717, 1.165) is 0 Å². The topological polar surface area (TPSA) is 96.2 Å². The first-order valence-electron chi connectivity index (χ1n) is 3.38. The summed E-state index contributed by atoms with van der Waals surface area (Å²) in [6.07, 6.45) is 0. The molecule has 0 fully saturated rings. The van der Waals surface area contributed by atoms with Gasteiger partial charge in [0.2, 0.25) is 0 Å². The third-order valence-electron chi connectivity index (χ3n) is 1.36. The van der Waals surface area contributed by atoms with Gasteiger partial charge < -0.3 is 0 Å². The quantitative estimate of drug-likeness (QED) is 0.167. The second-order valence-electron chi connectivity index (χ2n) is 2.30. The zero-order valence-electron chi connectivity index (χ0n) is 7.77. The van der Waals surface area contributed by atoms with Crippen LogP contribution in [0.15, 0.2) is 29.2 Å². The van der Waals surface area contributed by atoms with Crippen LogP contribution in [-0.2, 0) is 24.4 Å². The van der Waals surface area contributed by atoms with Crippen LogP contribution in [0.5, 0.6) is 0 Å². The molecule has 6 nitrogen and oxygen atoms in total. The fraction of sp³-hybridized carbons (Fsp3) is 0. The van der Waals surface area contributed by atoms with Gasteiger partial charge in [-0.05, 0) is 0 Å². The SMILES string of the molecule is [Na+].[O]=[Sb]([OH])([OH])[c]1ccc([SH+]OOO)cc1. The molecule has 0 saturated carbocycles. The average molecular weight is 353 g/mol. The van der Waals surface area contributed by atoms with Crippen LogP contribution in [0, 0.1) is 0 Å². The van der Waals surface area contributed by atoms with Crippen molar-refractivity contribution in [2.24, 2.45) is 0 Å². The van der Waals surface area contributed by atoms with Gasteiger partial charge in [0.05, 0.1) is 0 Å². The molecule has 0 radical (unpaired) electrons. The Morgan fingerprint density at radius 3 is 2.13 bits per heavy atom. The molecule has 0 aliphatic rings. The van der Waals surface area contributed by atoms with Crippen LogP contribution in [0.1, 0.15) is 0 Å². The molecule has 1 aromatic carbocycles. The molecule has 0 aliphatic carbocycles. The van der Waals surface area contributed by atoms with E-state index in [1.54, 1.807) is 0 Å². The molecule has 15 heavy (non-hydrogen) atoms. The Labute approximate surface area is 117 Å². The standard InChI is InChI=1S/C6H5O3S.Na.2H2O.O.Sb/c7-8-9-10-6-4-2-1-3-5-6;;;;;/h2-5,7H;;2*1H2;;/q;+1;;;;+2/p-1. The Kier molecular flexibility index (Phi) is 7.82. The molecule has 0 saturated heterocycles. The zero-order chi connectivity index (χ0) is 10.6. The Morgan fingerprint density at radius 1 is 1.20 bits per heavy atom. The Balaban J connectivity index is 0.00000196. The number of thiol groups is 1. The van der Waals surface area contributed by atoms with Crippen molar-refractivity contribution in [1.82, 2.24) is 0 Å². The maximum atomic E-state index is 10.8. The third kappa shape index (κ3) is 5.74. The normalized spacial score (nSPS) is 10.9. The molecule has 3 N–H and O–H groups in total. The number of hydrogen-bond donors (Lipinski definition) is 3. The van der Waals surface area contributed by atoms with Crippen molar-refractivity contribution in [3.63, 3.8) is 0 Å². The molecule has 1 aromatic rings. The first-order valence-corrected chi connectivity index (χ1v) is 8.80. The van der Waals surface area contributed by atoms with E-state index in [1.165, 1.54) is 24.3 Å². The van der Waals surface area contributed by atoms with Crippen molar-refractivity contribution >= 4 is 35.2 Å². The molecule has 1 rings (SSSR count). The minimum atomic E-state index is -5.06. The van der Waals surface area contributed by atoms with E-state index in [-0.39, 0.29) is 45.1 Å². The second-order valence-corrected chi connectivity index (χ2v) is 7.73. The Bertz CT molecular complexity index is 338.